The predicted molar refractivity (Wildman–Crippen MR) is 81.2 cm³/mol. The standard InChI is InChI=1S/C14H22N4O5/c1-7(2)12(16)13(20)23-8-5-11(22-9(8)6-19)18-4-3-10(15)17-14(18)21/h3-4,7-9,11-12,19H,5-6,16H2,1-2H3,(H2,15,17,21)/t8?,9-,11-,12?/m0/s1. The molecule has 0 aromatic carbocycles. The summed E-state index contributed by atoms with van der Waals surface area (Å²) in [6.45, 7) is 3.27. The number of hydrogen-bond acceptors (Lipinski definition) is 8. The van der Waals surface area contributed by atoms with Gasteiger partial charge in [-0.05, 0) is 12.0 Å². The van der Waals surface area contributed by atoms with Crippen LogP contribution in [0.5, 0.6) is 0 Å². The highest BCUT2D eigenvalue weighted by molar-refractivity contribution is 5.76. The molecule has 0 aliphatic carbocycles. The van der Waals surface area contributed by atoms with Gasteiger partial charge in [-0.3, -0.25) is 9.36 Å². The van der Waals surface area contributed by atoms with Crippen LogP contribution in [-0.4, -0.2) is 45.5 Å². The molecule has 2 rings (SSSR count). The van der Waals surface area contributed by atoms with Gasteiger partial charge >= 0.3 is 11.7 Å². The molecule has 2 unspecified atom stereocenters. The second-order valence-corrected chi connectivity index (χ2v) is 5.83. The highest BCUT2D eigenvalue weighted by atomic mass is 16.6. The molecule has 1 saturated heterocycles. The molecule has 0 saturated carbocycles. The van der Waals surface area contributed by atoms with Crippen LogP contribution in [0.4, 0.5) is 5.82 Å². The lowest BCUT2D eigenvalue weighted by molar-refractivity contribution is -0.155. The molecule has 5 N–H and O–H groups in total. The van der Waals surface area contributed by atoms with E-state index in [-0.39, 0.29) is 24.8 Å². The fourth-order valence-electron chi connectivity index (χ4n) is 2.30. The second-order valence-electron chi connectivity index (χ2n) is 5.83. The van der Waals surface area contributed by atoms with Gasteiger partial charge in [-0.2, -0.15) is 4.98 Å². The number of carbonyl (C=O) groups excluding carboxylic acids is 1. The Labute approximate surface area is 133 Å². The van der Waals surface area contributed by atoms with Crippen LogP contribution in [0, 0.1) is 5.92 Å². The summed E-state index contributed by atoms with van der Waals surface area (Å²) in [5, 5.41) is 9.40. The number of nitrogen functional groups attached to an aromatic ring is 1. The Morgan fingerprint density at radius 3 is 2.87 bits per heavy atom. The molecule has 1 fully saturated rings. The van der Waals surface area contributed by atoms with Crippen molar-refractivity contribution in [2.75, 3.05) is 12.3 Å². The van der Waals surface area contributed by atoms with Crippen LogP contribution < -0.4 is 17.2 Å². The van der Waals surface area contributed by atoms with Crippen LogP contribution in [0.3, 0.4) is 0 Å². The molecule has 0 spiro atoms. The van der Waals surface area contributed by atoms with Gasteiger partial charge in [-0.15, -0.1) is 0 Å². The maximum atomic E-state index is 12.0. The largest absolute Gasteiger partial charge is 0.458 e. The first-order valence-electron chi connectivity index (χ1n) is 7.40. The number of carbonyl (C=O) groups is 1. The fourth-order valence-corrected chi connectivity index (χ4v) is 2.30. The van der Waals surface area contributed by atoms with Gasteiger partial charge in [0.05, 0.1) is 6.61 Å². The van der Waals surface area contributed by atoms with Crippen molar-refractivity contribution in [1.82, 2.24) is 9.55 Å². The molecule has 128 valence electrons. The summed E-state index contributed by atoms with van der Waals surface area (Å²) in [5.41, 5.74) is 10.6. The summed E-state index contributed by atoms with van der Waals surface area (Å²) < 4.78 is 12.2. The zero-order chi connectivity index (χ0) is 17.1. The van der Waals surface area contributed by atoms with Gasteiger partial charge < -0.3 is 26.0 Å². The van der Waals surface area contributed by atoms with Gasteiger partial charge in [-0.1, -0.05) is 13.8 Å². The van der Waals surface area contributed by atoms with E-state index in [1.165, 1.54) is 16.8 Å². The van der Waals surface area contributed by atoms with Crippen molar-refractivity contribution in [3.63, 3.8) is 0 Å². The van der Waals surface area contributed by atoms with Crippen molar-refractivity contribution in [2.45, 2.75) is 44.7 Å². The number of ether oxygens (including phenoxy) is 2. The number of nitrogens with two attached hydrogens (primary N) is 2. The summed E-state index contributed by atoms with van der Waals surface area (Å²) in [7, 11) is 0. The molecule has 23 heavy (non-hydrogen) atoms. The first-order valence-corrected chi connectivity index (χ1v) is 7.40. The second kappa shape index (κ2) is 7.07. The number of anilines is 1. The van der Waals surface area contributed by atoms with Gasteiger partial charge in [0, 0.05) is 12.6 Å². The van der Waals surface area contributed by atoms with Crippen molar-refractivity contribution in [2.24, 2.45) is 11.7 Å². The number of aliphatic hydroxyl groups excluding tert-OH is 1. The SMILES string of the molecule is CC(C)C(N)C(=O)OC1C[C@@H](n2ccc(N)nc2=O)O[C@H]1CO. The summed E-state index contributed by atoms with van der Waals surface area (Å²) in [4.78, 5) is 27.4. The maximum absolute atomic E-state index is 12.0. The Balaban J connectivity index is 2.11. The Morgan fingerprint density at radius 1 is 1.61 bits per heavy atom. The highest BCUT2D eigenvalue weighted by Crippen LogP contribution is 2.30. The van der Waals surface area contributed by atoms with E-state index in [0.717, 1.165) is 0 Å². The molecule has 0 amide bonds. The van der Waals surface area contributed by atoms with Crippen molar-refractivity contribution < 1.29 is 19.4 Å². The summed E-state index contributed by atoms with van der Waals surface area (Å²) in [6.07, 6.45) is -0.443. The molecule has 9 heteroatoms. The fraction of sp³-hybridized carbons (Fsp3) is 0.643. The minimum Gasteiger partial charge on any atom is -0.458 e. The minimum atomic E-state index is -0.755. The molecule has 1 aliphatic rings. The number of nitrogens with zero attached hydrogens (tertiary/aromatic N) is 2. The van der Waals surface area contributed by atoms with Crippen LogP contribution in [0.25, 0.3) is 0 Å². The topological polar surface area (TPSA) is 143 Å². The van der Waals surface area contributed by atoms with Gasteiger partial charge in [0.2, 0.25) is 0 Å². The smallest absolute Gasteiger partial charge is 0.351 e. The van der Waals surface area contributed by atoms with Crippen molar-refractivity contribution in [3.05, 3.63) is 22.7 Å². The monoisotopic (exact) mass is 326 g/mol. The van der Waals surface area contributed by atoms with Gasteiger partial charge in [0.15, 0.2) is 0 Å². The van der Waals surface area contributed by atoms with Crippen LogP contribution in [0.1, 0.15) is 26.5 Å². The predicted octanol–water partition coefficient (Wildman–Crippen LogP) is -1.000. The van der Waals surface area contributed by atoms with Crippen LogP contribution in [0.2, 0.25) is 0 Å². The quantitative estimate of drug-likeness (QED) is 0.585. The van der Waals surface area contributed by atoms with Crippen LogP contribution >= 0.6 is 0 Å². The normalized spacial score (nSPS) is 25.5. The van der Waals surface area contributed by atoms with E-state index in [0.29, 0.717) is 0 Å². The van der Waals surface area contributed by atoms with Gasteiger partial charge in [0.1, 0.15) is 30.3 Å². The molecule has 0 bridgehead atoms. The number of esters is 1. The summed E-state index contributed by atoms with van der Waals surface area (Å²) >= 11 is 0. The number of hydrogen-bond donors (Lipinski definition) is 3. The van der Waals surface area contributed by atoms with E-state index in [1.54, 1.807) is 0 Å². The van der Waals surface area contributed by atoms with E-state index < -0.39 is 36.1 Å². The third-order valence-corrected chi connectivity index (χ3v) is 3.78. The van der Waals surface area contributed by atoms with Crippen molar-refractivity contribution in [3.8, 4) is 0 Å². The number of rotatable bonds is 5. The van der Waals surface area contributed by atoms with E-state index >= 15 is 0 Å². The van der Waals surface area contributed by atoms with E-state index in [9.17, 15) is 14.7 Å². The molecule has 2 heterocycles. The first kappa shape index (κ1) is 17.4. The molecule has 4 atom stereocenters. The summed E-state index contributed by atoms with van der Waals surface area (Å²) in [5.74, 6) is -0.526. The molecule has 9 nitrogen and oxygen atoms in total. The van der Waals surface area contributed by atoms with E-state index in [2.05, 4.69) is 4.98 Å². The number of aromatic nitrogens is 2. The summed E-state index contributed by atoms with van der Waals surface area (Å²) in [6, 6.07) is 0.710. The Kier molecular flexibility index (Phi) is 5.34. The zero-order valence-electron chi connectivity index (χ0n) is 13.1. The van der Waals surface area contributed by atoms with Crippen LogP contribution in [-0.2, 0) is 14.3 Å². The molecule has 1 aromatic heterocycles. The lowest BCUT2D eigenvalue weighted by Crippen LogP contribution is -2.41. The maximum Gasteiger partial charge on any atom is 0.351 e. The van der Waals surface area contributed by atoms with Crippen molar-refractivity contribution in [1.29, 1.82) is 0 Å². The lowest BCUT2D eigenvalue weighted by Gasteiger charge is -2.20. The van der Waals surface area contributed by atoms with Gasteiger partial charge in [0.25, 0.3) is 0 Å². The average molecular weight is 326 g/mol. The third kappa shape index (κ3) is 3.87. The molecule has 0 radical (unpaired) electrons. The lowest BCUT2D eigenvalue weighted by atomic mass is 10.1. The first-order chi connectivity index (χ1) is 10.8. The van der Waals surface area contributed by atoms with Crippen molar-refractivity contribution >= 4 is 11.8 Å². The van der Waals surface area contributed by atoms with Gasteiger partial charge in [-0.25, -0.2) is 4.79 Å². The molecule has 1 aliphatic heterocycles. The number of aliphatic hydroxyl groups is 1. The van der Waals surface area contributed by atoms with E-state index in [4.69, 9.17) is 20.9 Å². The highest BCUT2D eigenvalue weighted by Gasteiger charge is 2.39. The Bertz CT molecular complexity index is 617. The van der Waals surface area contributed by atoms with E-state index in [1.807, 2.05) is 13.8 Å². The molecular formula is C14H22N4O5. The third-order valence-electron chi connectivity index (χ3n) is 3.78. The molecule has 1 aromatic rings. The average Bonchev–Trinajstić information content (AvgIpc) is 2.88. The zero-order valence-corrected chi connectivity index (χ0v) is 13.1. The molecular weight excluding hydrogens is 304 g/mol. The van der Waals surface area contributed by atoms with Crippen LogP contribution in [0.15, 0.2) is 17.1 Å². The minimum absolute atomic E-state index is 0.0721. The Morgan fingerprint density at radius 2 is 2.30 bits per heavy atom. The Hall–Kier alpha value is -1.97.